The van der Waals surface area contributed by atoms with Crippen LogP contribution in [0.15, 0.2) is 43.0 Å². The van der Waals surface area contributed by atoms with Gasteiger partial charge in [0.1, 0.15) is 12.0 Å². The van der Waals surface area contributed by atoms with Crippen LogP contribution in [0.3, 0.4) is 0 Å². The van der Waals surface area contributed by atoms with Gasteiger partial charge in [-0.3, -0.25) is 4.40 Å². The monoisotopic (exact) mass is 209 g/mol. The third-order valence-corrected chi connectivity index (χ3v) is 2.76. The third-order valence-electron chi connectivity index (χ3n) is 2.76. The van der Waals surface area contributed by atoms with Crippen LogP contribution in [0.1, 0.15) is 0 Å². The molecular weight excluding hydrogens is 202 g/mol. The zero-order chi connectivity index (χ0) is 10.5. The molecule has 76 valence electrons. The molecule has 5 heteroatoms. The van der Waals surface area contributed by atoms with Crippen molar-refractivity contribution in [3.05, 3.63) is 43.0 Å². The number of fused-ring (bicyclic) bond motifs is 6. The standard InChI is InChI=1S/C11H7N5/c1-2-4-9-8(3-1)10-12-5-6-15(10)11-13-7-14-16(9)11/h1-7H. The maximum absolute atomic E-state index is 4.36. The molecular formula is C11H7N5. The van der Waals surface area contributed by atoms with Gasteiger partial charge in [-0.1, -0.05) is 12.1 Å². The van der Waals surface area contributed by atoms with Crippen molar-refractivity contribution in [2.24, 2.45) is 0 Å². The quantitative estimate of drug-likeness (QED) is 0.441. The van der Waals surface area contributed by atoms with E-state index in [2.05, 4.69) is 15.1 Å². The fourth-order valence-electron chi connectivity index (χ4n) is 2.08. The van der Waals surface area contributed by atoms with Crippen molar-refractivity contribution in [2.75, 3.05) is 0 Å². The molecule has 4 rings (SSSR count). The smallest absolute Gasteiger partial charge is 0.238 e. The third kappa shape index (κ3) is 0.785. The predicted molar refractivity (Wildman–Crippen MR) is 59.2 cm³/mol. The Hall–Kier alpha value is -2.43. The van der Waals surface area contributed by atoms with E-state index in [1.165, 1.54) is 0 Å². The van der Waals surface area contributed by atoms with Gasteiger partial charge in [0.25, 0.3) is 0 Å². The van der Waals surface area contributed by atoms with E-state index in [-0.39, 0.29) is 0 Å². The minimum Gasteiger partial charge on any atom is -0.268 e. The first-order chi connectivity index (χ1) is 7.95. The summed E-state index contributed by atoms with van der Waals surface area (Å²) in [7, 11) is 0. The van der Waals surface area contributed by atoms with Crippen LogP contribution >= 0.6 is 0 Å². The summed E-state index contributed by atoms with van der Waals surface area (Å²) in [4.78, 5) is 8.60. The van der Waals surface area contributed by atoms with E-state index in [0.717, 1.165) is 22.3 Å². The summed E-state index contributed by atoms with van der Waals surface area (Å²) in [6.07, 6.45) is 5.23. The molecule has 0 spiro atoms. The van der Waals surface area contributed by atoms with Gasteiger partial charge < -0.3 is 0 Å². The fourth-order valence-corrected chi connectivity index (χ4v) is 2.08. The zero-order valence-corrected chi connectivity index (χ0v) is 8.28. The van der Waals surface area contributed by atoms with Crippen molar-refractivity contribution in [3.8, 4) is 0 Å². The molecule has 4 aromatic rings. The highest BCUT2D eigenvalue weighted by molar-refractivity contribution is 5.93. The van der Waals surface area contributed by atoms with E-state index in [4.69, 9.17) is 0 Å². The molecule has 0 atom stereocenters. The Morgan fingerprint density at radius 3 is 3.00 bits per heavy atom. The normalized spacial score (nSPS) is 11.8. The Kier molecular flexibility index (Phi) is 1.26. The van der Waals surface area contributed by atoms with Crippen LogP contribution in [0, 0.1) is 0 Å². The Morgan fingerprint density at radius 1 is 1.06 bits per heavy atom. The molecule has 0 unspecified atom stereocenters. The Morgan fingerprint density at radius 2 is 2.00 bits per heavy atom. The molecule has 0 N–H and O–H groups in total. The first kappa shape index (κ1) is 7.81. The van der Waals surface area contributed by atoms with Crippen LogP contribution in [0.2, 0.25) is 0 Å². The van der Waals surface area contributed by atoms with Gasteiger partial charge in [-0.25, -0.2) is 4.98 Å². The van der Waals surface area contributed by atoms with Crippen molar-refractivity contribution < 1.29 is 0 Å². The van der Waals surface area contributed by atoms with Gasteiger partial charge in [-0.05, 0) is 12.1 Å². The van der Waals surface area contributed by atoms with Gasteiger partial charge in [0.2, 0.25) is 5.78 Å². The maximum atomic E-state index is 4.36. The molecule has 3 aromatic heterocycles. The number of aromatic nitrogens is 5. The van der Waals surface area contributed by atoms with E-state index < -0.39 is 0 Å². The molecule has 0 saturated heterocycles. The summed E-state index contributed by atoms with van der Waals surface area (Å²) in [5, 5.41) is 5.31. The van der Waals surface area contributed by atoms with Crippen LogP contribution in [0.5, 0.6) is 0 Å². The Balaban J connectivity index is 2.51. The molecule has 0 fully saturated rings. The largest absolute Gasteiger partial charge is 0.268 e. The Labute approximate surface area is 90.0 Å². The number of hydrogen-bond acceptors (Lipinski definition) is 3. The van der Waals surface area contributed by atoms with E-state index in [1.807, 2.05) is 39.4 Å². The highest BCUT2D eigenvalue weighted by Gasteiger charge is 2.09. The summed E-state index contributed by atoms with van der Waals surface area (Å²) in [5.74, 6) is 0.784. The minimum atomic E-state index is 0.784. The SMILES string of the molecule is c1ccc2c(c1)c1nccn1c1ncnn21. The van der Waals surface area contributed by atoms with Crippen LogP contribution in [-0.4, -0.2) is 24.0 Å². The number of hydrogen-bond donors (Lipinski definition) is 0. The van der Waals surface area contributed by atoms with E-state index in [9.17, 15) is 0 Å². The van der Waals surface area contributed by atoms with Crippen molar-refractivity contribution in [1.29, 1.82) is 0 Å². The Bertz CT molecular complexity index is 742. The molecule has 0 saturated carbocycles. The molecule has 1 aromatic carbocycles. The predicted octanol–water partition coefficient (Wildman–Crippen LogP) is 1.53. The molecule has 0 aliphatic heterocycles. The first-order valence-electron chi connectivity index (χ1n) is 4.99. The van der Waals surface area contributed by atoms with Crippen molar-refractivity contribution in [1.82, 2.24) is 24.0 Å². The summed E-state index contributed by atoms with van der Waals surface area (Å²) in [5.41, 5.74) is 1.94. The molecule has 3 heterocycles. The van der Waals surface area contributed by atoms with Gasteiger partial charge in [0, 0.05) is 17.8 Å². The molecule has 0 aliphatic rings. The topological polar surface area (TPSA) is 47.5 Å². The minimum absolute atomic E-state index is 0.784. The summed E-state index contributed by atoms with van der Waals surface area (Å²) in [6, 6.07) is 8.05. The summed E-state index contributed by atoms with van der Waals surface area (Å²) < 4.78 is 3.76. The van der Waals surface area contributed by atoms with E-state index in [1.54, 1.807) is 12.5 Å². The molecule has 0 aliphatic carbocycles. The van der Waals surface area contributed by atoms with E-state index >= 15 is 0 Å². The second-order valence-corrected chi connectivity index (χ2v) is 3.61. The van der Waals surface area contributed by atoms with Crippen molar-refractivity contribution >= 4 is 22.3 Å². The lowest BCUT2D eigenvalue weighted by Gasteiger charge is -2.03. The molecule has 0 bridgehead atoms. The average molecular weight is 209 g/mol. The van der Waals surface area contributed by atoms with E-state index in [0.29, 0.717) is 0 Å². The molecule has 5 nitrogen and oxygen atoms in total. The van der Waals surface area contributed by atoms with Crippen LogP contribution < -0.4 is 0 Å². The van der Waals surface area contributed by atoms with Crippen LogP contribution in [0.25, 0.3) is 22.3 Å². The number of para-hydroxylation sites is 1. The van der Waals surface area contributed by atoms with Crippen LogP contribution in [0.4, 0.5) is 0 Å². The summed E-state index contributed by atoms with van der Waals surface area (Å²) in [6.45, 7) is 0. The van der Waals surface area contributed by atoms with Crippen LogP contribution in [-0.2, 0) is 0 Å². The lowest BCUT2D eigenvalue weighted by atomic mass is 10.2. The number of imidazole rings is 1. The molecule has 16 heavy (non-hydrogen) atoms. The van der Waals surface area contributed by atoms with Crippen molar-refractivity contribution in [3.63, 3.8) is 0 Å². The number of nitrogens with zero attached hydrogens (tertiary/aromatic N) is 5. The van der Waals surface area contributed by atoms with Crippen molar-refractivity contribution in [2.45, 2.75) is 0 Å². The second kappa shape index (κ2) is 2.57. The van der Waals surface area contributed by atoms with Gasteiger partial charge in [-0.15, -0.1) is 0 Å². The second-order valence-electron chi connectivity index (χ2n) is 3.61. The van der Waals surface area contributed by atoms with Gasteiger partial charge in [0.05, 0.1) is 5.52 Å². The van der Waals surface area contributed by atoms with Gasteiger partial charge in [0.15, 0.2) is 0 Å². The number of benzene rings is 1. The first-order valence-corrected chi connectivity index (χ1v) is 4.99. The molecule has 0 amide bonds. The highest BCUT2D eigenvalue weighted by atomic mass is 15.3. The lowest BCUT2D eigenvalue weighted by Crippen LogP contribution is -1.98. The fraction of sp³-hybridized carbons (Fsp3) is 0. The highest BCUT2D eigenvalue weighted by Crippen LogP contribution is 2.19. The maximum Gasteiger partial charge on any atom is 0.238 e. The molecule has 0 radical (unpaired) electrons. The summed E-state index contributed by atoms with van der Waals surface area (Å²) >= 11 is 0. The number of rotatable bonds is 0. The average Bonchev–Trinajstić information content (AvgIpc) is 2.98. The lowest BCUT2D eigenvalue weighted by molar-refractivity contribution is 0.970. The van der Waals surface area contributed by atoms with Gasteiger partial charge in [-0.2, -0.15) is 14.6 Å². The zero-order valence-electron chi connectivity index (χ0n) is 8.28. The van der Waals surface area contributed by atoms with Gasteiger partial charge >= 0.3 is 0 Å².